The Hall–Kier alpha value is -2.53. The van der Waals surface area contributed by atoms with Crippen LogP contribution in [0.5, 0.6) is 0 Å². The number of nitrogens with zero attached hydrogens (tertiary/aromatic N) is 4. The second-order valence-corrected chi connectivity index (χ2v) is 5.53. The van der Waals surface area contributed by atoms with Crippen LogP contribution in [0.1, 0.15) is 24.3 Å². The summed E-state index contributed by atoms with van der Waals surface area (Å²) in [7, 11) is 1.37. The molecule has 1 aliphatic heterocycles. The molecule has 1 aliphatic rings. The molecule has 11 heteroatoms. The van der Waals surface area contributed by atoms with Crippen molar-refractivity contribution in [1.82, 2.24) is 20.2 Å². The zero-order valence-electron chi connectivity index (χ0n) is 13.7. The number of amides is 1. The third-order valence-electron chi connectivity index (χ3n) is 3.72. The van der Waals surface area contributed by atoms with E-state index in [9.17, 15) is 18.0 Å². The Balaban J connectivity index is 1.68. The molecule has 0 radical (unpaired) electrons. The van der Waals surface area contributed by atoms with Crippen molar-refractivity contribution in [2.45, 2.75) is 31.7 Å². The summed E-state index contributed by atoms with van der Waals surface area (Å²) in [6, 6.07) is 3.02. The van der Waals surface area contributed by atoms with Crippen LogP contribution in [0.15, 0.2) is 22.9 Å². The van der Waals surface area contributed by atoms with Gasteiger partial charge in [-0.3, -0.25) is 14.6 Å². The van der Waals surface area contributed by atoms with E-state index in [0.29, 0.717) is 18.6 Å². The summed E-state index contributed by atoms with van der Waals surface area (Å²) in [5, 5.41) is 4.42. The number of hydrogen-bond acceptors (Lipinski definition) is 7. The first-order valence-corrected chi connectivity index (χ1v) is 7.72. The summed E-state index contributed by atoms with van der Waals surface area (Å²) >= 11 is 0. The van der Waals surface area contributed by atoms with E-state index in [1.165, 1.54) is 19.4 Å². The highest BCUT2D eigenvalue weighted by molar-refractivity contribution is 5.80. The number of pyridine rings is 1. The Morgan fingerprint density at radius 3 is 2.77 bits per heavy atom. The van der Waals surface area contributed by atoms with Crippen molar-refractivity contribution in [1.29, 1.82) is 0 Å². The van der Waals surface area contributed by atoms with E-state index in [4.69, 9.17) is 9.57 Å². The second kappa shape index (κ2) is 7.38. The minimum absolute atomic E-state index is 0.113. The molecule has 2 aromatic heterocycles. The molecule has 0 bridgehead atoms. The van der Waals surface area contributed by atoms with Gasteiger partial charge in [-0.15, -0.1) is 0 Å². The van der Waals surface area contributed by atoms with Crippen LogP contribution in [0.2, 0.25) is 0 Å². The van der Waals surface area contributed by atoms with Gasteiger partial charge in [0.15, 0.2) is 0 Å². The van der Waals surface area contributed by atoms with E-state index in [1.54, 1.807) is 6.07 Å². The first-order chi connectivity index (χ1) is 12.4. The normalized spacial score (nSPS) is 17.5. The van der Waals surface area contributed by atoms with E-state index in [1.807, 2.05) is 0 Å². The number of alkyl halides is 3. The molecule has 2 aromatic rings. The molecule has 1 amide bonds. The van der Waals surface area contributed by atoms with Gasteiger partial charge in [-0.1, -0.05) is 11.2 Å². The van der Waals surface area contributed by atoms with Gasteiger partial charge in [-0.25, -0.2) is 5.06 Å². The van der Waals surface area contributed by atoms with Gasteiger partial charge in [-0.05, 0) is 24.5 Å². The molecule has 8 nitrogen and oxygen atoms in total. The summed E-state index contributed by atoms with van der Waals surface area (Å²) in [6.07, 6.45) is -2.40. The average molecular weight is 372 g/mol. The third-order valence-corrected chi connectivity index (χ3v) is 3.72. The highest BCUT2D eigenvalue weighted by Gasteiger charge is 2.38. The molecule has 1 saturated heterocycles. The van der Waals surface area contributed by atoms with Crippen molar-refractivity contribution in [3.05, 3.63) is 29.8 Å². The maximum atomic E-state index is 12.5. The van der Waals surface area contributed by atoms with Crippen LogP contribution in [0.3, 0.4) is 0 Å². The van der Waals surface area contributed by atoms with Gasteiger partial charge in [-0.2, -0.15) is 18.2 Å². The van der Waals surface area contributed by atoms with Crippen LogP contribution in [0.25, 0.3) is 11.5 Å². The Morgan fingerprint density at radius 2 is 2.23 bits per heavy atom. The van der Waals surface area contributed by atoms with E-state index in [2.05, 4.69) is 19.6 Å². The lowest BCUT2D eigenvalue weighted by atomic mass is 10.2. The zero-order valence-corrected chi connectivity index (χ0v) is 13.7. The van der Waals surface area contributed by atoms with Gasteiger partial charge in [0.1, 0.15) is 11.8 Å². The van der Waals surface area contributed by atoms with E-state index < -0.39 is 18.2 Å². The number of aromatic nitrogens is 3. The van der Waals surface area contributed by atoms with Crippen LogP contribution in [0, 0.1) is 0 Å². The molecule has 140 valence electrons. The molecule has 3 heterocycles. The third kappa shape index (κ3) is 3.99. The molecule has 1 fully saturated rings. The Bertz CT molecular complexity index is 757. The first-order valence-electron chi connectivity index (χ1n) is 7.72. The molecule has 0 N–H and O–H groups in total. The monoisotopic (exact) mass is 372 g/mol. The number of halogens is 3. The Morgan fingerprint density at radius 1 is 1.42 bits per heavy atom. The SMILES string of the molecule is CON(Cc1ccc(-c2noc(C(F)(F)F)n2)nc1)C(=O)C1CCCO1. The Labute approximate surface area is 145 Å². The summed E-state index contributed by atoms with van der Waals surface area (Å²) in [5.41, 5.74) is 0.726. The van der Waals surface area contributed by atoms with Crippen molar-refractivity contribution in [3.8, 4) is 11.5 Å². The molecule has 0 aromatic carbocycles. The minimum Gasteiger partial charge on any atom is -0.368 e. The fraction of sp³-hybridized carbons (Fsp3) is 0.467. The molecule has 3 rings (SSSR count). The van der Waals surface area contributed by atoms with Crippen molar-refractivity contribution in [2.24, 2.45) is 0 Å². The van der Waals surface area contributed by atoms with Gasteiger partial charge in [0.2, 0.25) is 5.82 Å². The van der Waals surface area contributed by atoms with Crippen LogP contribution >= 0.6 is 0 Å². The summed E-state index contributed by atoms with van der Waals surface area (Å²) in [6.45, 7) is 0.650. The van der Waals surface area contributed by atoms with E-state index in [0.717, 1.165) is 11.5 Å². The highest BCUT2D eigenvalue weighted by Crippen LogP contribution is 2.29. The molecule has 0 aliphatic carbocycles. The largest absolute Gasteiger partial charge is 0.471 e. The van der Waals surface area contributed by atoms with Crippen molar-refractivity contribution >= 4 is 5.91 Å². The predicted octanol–water partition coefficient (Wildman–Crippen LogP) is 2.22. The number of carbonyl (C=O) groups is 1. The topological polar surface area (TPSA) is 90.6 Å². The van der Waals surface area contributed by atoms with Crippen LogP contribution < -0.4 is 0 Å². The number of rotatable bonds is 5. The number of carbonyl (C=O) groups excluding carboxylic acids is 1. The molecule has 1 atom stereocenters. The molecular formula is C15H15F3N4O4. The maximum absolute atomic E-state index is 12.5. The number of hydroxylamine groups is 2. The molecule has 0 saturated carbocycles. The summed E-state index contributed by atoms with van der Waals surface area (Å²) in [4.78, 5) is 24.7. The number of ether oxygens (including phenoxy) is 1. The quantitative estimate of drug-likeness (QED) is 0.743. The van der Waals surface area contributed by atoms with Crippen LogP contribution in [-0.2, 0) is 27.1 Å². The van der Waals surface area contributed by atoms with Crippen molar-refractivity contribution in [2.75, 3.05) is 13.7 Å². The van der Waals surface area contributed by atoms with Gasteiger partial charge in [0.25, 0.3) is 5.91 Å². The second-order valence-electron chi connectivity index (χ2n) is 5.53. The van der Waals surface area contributed by atoms with Crippen molar-refractivity contribution < 1.29 is 32.1 Å². The van der Waals surface area contributed by atoms with Crippen molar-refractivity contribution in [3.63, 3.8) is 0 Å². The smallest absolute Gasteiger partial charge is 0.368 e. The summed E-state index contributed by atoms with van der Waals surface area (Å²) in [5.74, 6) is -2.00. The first kappa shape index (κ1) is 18.3. The lowest BCUT2D eigenvalue weighted by molar-refractivity contribution is -0.188. The lowest BCUT2D eigenvalue weighted by Crippen LogP contribution is -2.37. The highest BCUT2D eigenvalue weighted by atomic mass is 19.4. The standard InChI is InChI=1S/C15H15F3N4O4/c1-24-22(13(23)11-3-2-6-25-11)8-9-4-5-10(19-7-9)12-20-14(26-21-12)15(16,17)18/h4-5,7,11H,2-3,6,8H2,1H3. The Kier molecular flexibility index (Phi) is 5.18. The van der Waals surface area contributed by atoms with E-state index >= 15 is 0 Å². The average Bonchev–Trinajstić information content (AvgIpc) is 3.30. The van der Waals surface area contributed by atoms with Gasteiger partial charge >= 0.3 is 12.1 Å². The van der Waals surface area contributed by atoms with Gasteiger partial charge in [0.05, 0.1) is 13.7 Å². The number of hydrogen-bond donors (Lipinski definition) is 0. The van der Waals surface area contributed by atoms with E-state index in [-0.39, 0.29) is 24.0 Å². The fourth-order valence-electron chi connectivity index (χ4n) is 2.42. The molecular weight excluding hydrogens is 357 g/mol. The maximum Gasteiger partial charge on any atom is 0.471 e. The van der Waals surface area contributed by atoms with Crippen LogP contribution in [-0.4, -0.2) is 45.9 Å². The molecule has 0 spiro atoms. The fourth-order valence-corrected chi connectivity index (χ4v) is 2.42. The molecule has 1 unspecified atom stereocenters. The summed E-state index contributed by atoms with van der Waals surface area (Å²) < 4.78 is 47.0. The lowest BCUT2D eigenvalue weighted by Gasteiger charge is -2.22. The van der Waals surface area contributed by atoms with Gasteiger partial charge < -0.3 is 9.26 Å². The zero-order chi connectivity index (χ0) is 18.7. The minimum atomic E-state index is -4.72. The molecule has 26 heavy (non-hydrogen) atoms. The van der Waals surface area contributed by atoms with Gasteiger partial charge in [0, 0.05) is 12.8 Å². The van der Waals surface area contributed by atoms with Crippen LogP contribution in [0.4, 0.5) is 13.2 Å². The predicted molar refractivity (Wildman–Crippen MR) is 79.1 cm³/mol.